The lowest BCUT2D eigenvalue weighted by Crippen LogP contribution is -2.29. The molecule has 1 aromatic carbocycles. The predicted molar refractivity (Wildman–Crippen MR) is 68.6 cm³/mol. The molecule has 1 atom stereocenters. The highest BCUT2D eigenvalue weighted by atomic mass is 32.1. The molecule has 2 aromatic rings. The second-order valence-corrected chi connectivity index (χ2v) is 4.31. The van der Waals surface area contributed by atoms with Gasteiger partial charge in [-0.25, -0.2) is 5.43 Å². The number of rotatable bonds is 5. The van der Waals surface area contributed by atoms with Gasteiger partial charge in [-0.3, -0.25) is 5.84 Å². The summed E-state index contributed by atoms with van der Waals surface area (Å²) in [6.45, 7) is 0. The van der Waals surface area contributed by atoms with E-state index in [9.17, 15) is 0 Å². The molecule has 0 fully saturated rings. The number of benzene rings is 1. The van der Waals surface area contributed by atoms with Crippen molar-refractivity contribution in [3.63, 3.8) is 0 Å². The first-order chi connectivity index (χ1) is 8.81. The fourth-order valence-electron chi connectivity index (χ4n) is 1.77. The van der Waals surface area contributed by atoms with E-state index in [1.54, 1.807) is 20.4 Å². The van der Waals surface area contributed by atoms with Gasteiger partial charge in [0.25, 0.3) is 0 Å². The van der Waals surface area contributed by atoms with Gasteiger partial charge in [0.1, 0.15) is 11.5 Å². The molecular formula is C11H14N4O2S. The normalized spacial score (nSPS) is 12.2. The summed E-state index contributed by atoms with van der Waals surface area (Å²) >= 11 is 1.27. The molecule has 96 valence electrons. The summed E-state index contributed by atoms with van der Waals surface area (Å²) in [5.74, 6) is 7.03. The number of nitrogens with one attached hydrogen (secondary N) is 1. The third kappa shape index (κ3) is 2.28. The van der Waals surface area contributed by atoms with Crippen LogP contribution in [-0.2, 0) is 0 Å². The maximum absolute atomic E-state index is 5.63. The van der Waals surface area contributed by atoms with Gasteiger partial charge in [0.2, 0.25) is 0 Å². The Hall–Kier alpha value is -1.70. The van der Waals surface area contributed by atoms with Crippen LogP contribution in [0.25, 0.3) is 0 Å². The minimum absolute atomic E-state index is 0.268. The molecule has 2 rings (SSSR count). The zero-order valence-electron chi connectivity index (χ0n) is 10.1. The van der Waals surface area contributed by atoms with Crippen LogP contribution in [-0.4, -0.2) is 23.8 Å². The molecule has 0 saturated heterocycles. The summed E-state index contributed by atoms with van der Waals surface area (Å²) in [4.78, 5) is 0.889. The molecular weight excluding hydrogens is 252 g/mol. The molecule has 0 radical (unpaired) electrons. The van der Waals surface area contributed by atoms with E-state index in [1.807, 2.05) is 18.2 Å². The molecule has 0 aliphatic rings. The SMILES string of the molecule is COc1cccc(OC)c1C(NN)c1cnns1. The molecule has 0 spiro atoms. The number of nitrogens with two attached hydrogens (primary N) is 1. The van der Waals surface area contributed by atoms with Crippen LogP contribution in [0, 0.1) is 0 Å². The Morgan fingerprint density at radius 3 is 2.39 bits per heavy atom. The molecule has 0 aliphatic carbocycles. The van der Waals surface area contributed by atoms with Crippen molar-refractivity contribution in [1.82, 2.24) is 15.0 Å². The van der Waals surface area contributed by atoms with E-state index in [0.717, 1.165) is 10.4 Å². The summed E-state index contributed by atoms with van der Waals surface area (Å²) in [5.41, 5.74) is 3.57. The molecule has 0 amide bonds. The van der Waals surface area contributed by atoms with E-state index >= 15 is 0 Å². The van der Waals surface area contributed by atoms with E-state index in [-0.39, 0.29) is 6.04 Å². The van der Waals surface area contributed by atoms with Crippen LogP contribution in [0.2, 0.25) is 0 Å². The van der Waals surface area contributed by atoms with Gasteiger partial charge in [0.15, 0.2) is 0 Å². The number of hydrazine groups is 1. The Bertz CT molecular complexity index is 481. The lowest BCUT2D eigenvalue weighted by molar-refractivity contribution is 0.377. The molecule has 0 saturated carbocycles. The third-order valence-electron chi connectivity index (χ3n) is 2.58. The van der Waals surface area contributed by atoms with Crippen molar-refractivity contribution in [2.24, 2.45) is 5.84 Å². The largest absolute Gasteiger partial charge is 0.496 e. The molecule has 7 heteroatoms. The zero-order valence-corrected chi connectivity index (χ0v) is 10.9. The van der Waals surface area contributed by atoms with Gasteiger partial charge in [-0.1, -0.05) is 10.6 Å². The van der Waals surface area contributed by atoms with Crippen LogP contribution in [0.1, 0.15) is 16.5 Å². The highest BCUT2D eigenvalue weighted by molar-refractivity contribution is 7.05. The Morgan fingerprint density at radius 1 is 1.28 bits per heavy atom. The molecule has 1 aromatic heterocycles. The summed E-state index contributed by atoms with van der Waals surface area (Å²) in [5, 5.41) is 3.82. The summed E-state index contributed by atoms with van der Waals surface area (Å²) in [6, 6.07) is 5.31. The van der Waals surface area contributed by atoms with Crippen LogP contribution in [0.15, 0.2) is 24.4 Å². The van der Waals surface area contributed by atoms with Gasteiger partial charge in [0, 0.05) is 0 Å². The van der Waals surface area contributed by atoms with Crippen LogP contribution in [0.3, 0.4) is 0 Å². The lowest BCUT2D eigenvalue weighted by Gasteiger charge is -2.19. The van der Waals surface area contributed by atoms with Crippen molar-refractivity contribution >= 4 is 11.5 Å². The second kappa shape index (κ2) is 5.76. The van der Waals surface area contributed by atoms with Gasteiger partial charge in [-0.05, 0) is 23.7 Å². The maximum Gasteiger partial charge on any atom is 0.127 e. The van der Waals surface area contributed by atoms with Crippen LogP contribution >= 0.6 is 11.5 Å². The summed E-state index contributed by atoms with van der Waals surface area (Å²) in [7, 11) is 3.22. The zero-order chi connectivity index (χ0) is 13.0. The van der Waals surface area contributed by atoms with E-state index in [1.165, 1.54) is 11.5 Å². The number of nitrogens with zero attached hydrogens (tertiary/aromatic N) is 2. The van der Waals surface area contributed by atoms with Gasteiger partial charge in [-0.2, -0.15) is 0 Å². The van der Waals surface area contributed by atoms with E-state index in [2.05, 4.69) is 15.0 Å². The van der Waals surface area contributed by atoms with Crippen molar-refractivity contribution in [1.29, 1.82) is 0 Å². The molecule has 0 aliphatic heterocycles. The molecule has 1 heterocycles. The molecule has 3 N–H and O–H groups in total. The first-order valence-electron chi connectivity index (χ1n) is 5.26. The highest BCUT2D eigenvalue weighted by Gasteiger charge is 2.23. The standard InChI is InChI=1S/C11H14N4O2S/c1-16-7-4-3-5-8(17-2)10(7)11(14-12)9-6-13-15-18-9/h3-6,11,14H,12H2,1-2H3. The van der Waals surface area contributed by atoms with Crippen molar-refractivity contribution in [3.8, 4) is 11.5 Å². The fourth-order valence-corrected chi connectivity index (χ4v) is 2.35. The minimum atomic E-state index is -0.268. The first-order valence-corrected chi connectivity index (χ1v) is 6.03. The number of methoxy groups -OCH3 is 2. The van der Waals surface area contributed by atoms with Crippen LogP contribution < -0.4 is 20.7 Å². The number of hydrogen-bond donors (Lipinski definition) is 2. The average molecular weight is 266 g/mol. The smallest absolute Gasteiger partial charge is 0.127 e. The average Bonchev–Trinajstić information content (AvgIpc) is 2.93. The Morgan fingerprint density at radius 2 is 1.94 bits per heavy atom. The van der Waals surface area contributed by atoms with Crippen molar-refractivity contribution in [3.05, 3.63) is 34.8 Å². The van der Waals surface area contributed by atoms with E-state index < -0.39 is 0 Å². The minimum Gasteiger partial charge on any atom is -0.496 e. The van der Waals surface area contributed by atoms with E-state index in [0.29, 0.717) is 11.5 Å². The van der Waals surface area contributed by atoms with Gasteiger partial charge in [0.05, 0.1) is 36.9 Å². The maximum atomic E-state index is 5.63. The Labute approximate surface area is 109 Å². The quantitative estimate of drug-likeness (QED) is 0.623. The van der Waals surface area contributed by atoms with Gasteiger partial charge >= 0.3 is 0 Å². The topological polar surface area (TPSA) is 82.3 Å². The molecule has 1 unspecified atom stereocenters. The number of aromatic nitrogens is 2. The fraction of sp³-hybridized carbons (Fsp3) is 0.273. The second-order valence-electron chi connectivity index (χ2n) is 3.50. The predicted octanol–water partition coefficient (Wildman–Crippen LogP) is 1.11. The lowest BCUT2D eigenvalue weighted by atomic mass is 10.0. The highest BCUT2D eigenvalue weighted by Crippen LogP contribution is 2.37. The van der Waals surface area contributed by atoms with Crippen LogP contribution in [0.4, 0.5) is 0 Å². The summed E-state index contributed by atoms with van der Waals surface area (Å²) < 4.78 is 14.6. The molecule has 0 bridgehead atoms. The monoisotopic (exact) mass is 266 g/mol. The Kier molecular flexibility index (Phi) is 4.08. The Balaban J connectivity index is 2.53. The van der Waals surface area contributed by atoms with Gasteiger partial charge < -0.3 is 9.47 Å². The number of ether oxygens (including phenoxy) is 2. The molecule has 18 heavy (non-hydrogen) atoms. The first kappa shape index (κ1) is 12.7. The van der Waals surface area contributed by atoms with Crippen LogP contribution in [0.5, 0.6) is 11.5 Å². The summed E-state index contributed by atoms with van der Waals surface area (Å²) in [6.07, 6.45) is 1.67. The number of hydrogen-bond acceptors (Lipinski definition) is 7. The van der Waals surface area contributed by atoms with Crippen molar-refractivity contribution in [2.45, 2.75) is 6.04 Å². The third-order valence-corrected chi connectivity index (χ3v) is 3.31. The molecule has 6 nitrogen and oxygen atoms in total. The van der Waals surface area contributed by atoms with Gasteiger partial charge in [-0.15, -0.1) is 5.10 Å². The van der Waals surface area contributed by atoms with Crippen molar-refractivity contribution in [2.75, 3.05) is 14.2 Å². The van der Waals surface area contributed by atoms with Crippen molar-refractivity contribution < 1.29 is 9.47 Å². The van der Waals surface area contributed by atoms with E-state index in [4.69, 9.17) is 15.3 Å².